The van der Waals surface area contributed by atoms with E-state index in [1.807, 2.05) is 18.2 Å². The van der Waals surface area contributed by atoms with Crippen LogP contribution in [0, 0.1) is 0 Å². The first kappa shape index (κ1) is 21.1. The maximum Gasteiger partial charge on any atom is 0.194 e. The van der Waals surface area contributed by atoms with Gasteiger partial charge in [-0.25, -0.2) is 0 Å². The van der Waals surface area contributed by atoms with E-state index < -0.39 is 0 Å². The molecule has 1 aromatic carbocycles. The van der Waals surface area contributed by atoms with E-state index in [1.54, 1.807) is 6.07 Å². The largest absolute Gasteiger partial charge is 0.506 e. The second-order valence-electron chi connectivity index (χ2n) is 6.93. The molecule has 0 saturated carbocycles. The van der Waals surface area contributed by atoms with Crippen LogP contribution in [0.1, 0.15) is 19.8 Å². The van der Waals surface area contributed by atoms with Crippen LogP contribution >= 0.6 is 24.0 Å². The molecule has 26 heavy (non-hydrogen) atoms. The van der Waals surface area contributed by atoms with Gasteiger partial charge in [0.25, 0.3) is 0 Å². The molecule has 0 aromatic heterocycles. The molecule has 6 nitrogen and oxygen atoms in total. The SMILES string of the molecule is CCNC(=NCC1CCCN1C)N1CCN(c2ccccc2O)CC1.I. The molecule has 0 radical (unpaired) electrons. The Bertz CT molecular complexity index is 589. The Balaban J connectivity index is 0.00000243. The van der Waals surface area contributed by atoms with Crippen molar-refractivity contribution in [1.29, 1.82) is 0 Å². The number of likely N-dealkylation sites (tertiary alicyclic amines) is 1. The van der Waals surface area contributed by atoms with Crippen LogP contribution in [0.25, 0.3) is 0 Å². The van der Waals surface area contributed by atoms with Crippen molar-refractivity contribution in [1.82, 2.24) is 15.1 Å². The lowest BCUT2D eigenvalue weighted by Gasteiger charge is -2.38. The number of aromatic hydroxyl groups is 1. The summed E-state index contributed by atoms with van der Waals surface area (Å²) in [6.07, 6.45) is 2.53. The van der Waals surface area contributed by atoms with Crippen LogP contribution in [0.3, 0.4) is 0 Å². The highest BCUT2D eigenvalue weighted by Gasteiger charge is 2.23. The van der Waals surface area contributed by atoms with Crippen molar-refractivity contribution in [3.63, 3.8) is 0 Å². The van der Waals surface area contributed by atoms with Gasteiger partial charge in [0, 0.05) is 38.8 Å². The van der Waals surface area contributed by atoms with Crippen molar-refractivity contribution in [3.05, 3.63) is 24.3 Å². The van der Waals surface area contributed by atoms with E-state index in [-0.39, 0.29) is 24.0 Å². The quantitative estimate of drug-likeness (QED) is 0.399. The minimum atomic E-state index is 0. The first-order chi connectivity index (χ1) is 12.2. The van der Waals surface area contributed by atoms with Gasteiger partial charge in [0.05, 0.1) is 12.2 Å². The molecule has 1 atom stereocenters. The van der Waals surface area contributed by atoms with Crippen molar-refractivity contribution in [2.75, 3.05) is 57.8 Å². The molecular formula is C19H32IN5O. The monoisotopic (exact) mass is 473 g/mol. The highest BCUT2D eigenvalue weighted by Crippen LogP contribution is 2.27. The number of halogens is 1. The predicted octanol–water partition coefficient (Wildman–Crippen LogP) is 2.19. The fourth-order valence-electron chi connectivity index (χ4n) is 3.72. The third kappa shape index (κ3) is 5.16. The van der Waals surface area contributed by atoms with E-state index in [2.05, 4.69) is 34.0 Å². The minimum Gasteiger partial charge on any atom is -0.506 e. The number of phenolic OH excluding ortho intramolecular Hbond substituents is 1. The van der Waals surface area contributed by atoms with Crippen LogP contribution in [0.5, 0.6) is 5.75 Å². The number of anilines is 1. The van der Waals surface area contributed by atoms with E-state index in [0.717, 1.165) is 50.9 Å². The number of para-hydroxylation sites is 2. The number of likely N-dealkylation sites (N-methyl/N-ethyl adjacent to an activating group) is 1. The zero-order valence-corrected chi connectivity index (χ0v) is 18.2. The summed E-state index contributed by atoms with van der Waals surface area (Å²) < 4.78 is 0. The standard InChI is InChI=1S/C19H31N5O.HI/c1-3-20-19(21-15-16-7-6-10-22(16)2)24-13-11-23(12-14-24)17-8-4-5-9-18(17)25;/h4-5,8-9,16,25H,3,6-7,10-15H2,1-2H3,(H,20,21);1H. The first-order valence-corrected chi connectivity index (χ1v) is 9.45. The summed E-state index contributed by atoms with van der Waals surface area (Å²) >= 11 is 0. The van der Waals surface area contributed by atoms with Gasteiger partial charge in [0.1, 0.15) is 5.75 Å². The van der Waals surface area contributed by atoms with Crippen LogP contribution in [-0.4, -0.2) is 79.8 Å². The molecule has 2 heterocycles. The maximum absolute atomic E-state index is 10.1. The van der Waals surface area contributed by atoms with Crippen LogP contribution < -0.4 is 10.2 Å². The van der Waals surface area contributed by atoms with E-state index in [9.17, 15) is 5.11 Å². The van der Waals surface area contributed by atoms with Crippen molar-refractivity contribution >= 4 is 35.6 Å². The smallest absolute Gasteiger partial charge is 0.194 e. The lowest BCUT2D eigenvalue weighted by molar-refractivity contribution is 0.314. The van der Waals surface area contributed by atoms with Crippen molar-refractivity contribution in [3.8, 4) is 5.75 Å². The molecular weight excluding hydrogens is 441 g/mol. The second-order valence-corrected chi connectivity index (χ2v) is 6.93. The third-order valence-corrected chi connectivity index (χ3v) is 5.26. The number of phenols is 1. The Labute approximate surface area is 174 Å². The highest BCUT2D eigenvalue weighted by atomic mass is 127. The van der Waals surface area contributed by atoms with Gasteiger partial charge in [0.2, 0.25) is 0 Å². The van der Waals surface area contributed by atoms with E-state index in [4.69, 9.17) is 4.99 Å². The fourth-order valence-corrected chi connectivity index (χ4v) is 3.72. The number of guanidine groups is 1. The minimum absolute atomic E-state index is 0. The Kier molecular flexibility index (Phi) is 8.27. The molecule has 0 spiro atoms. The number of aliphatic imine (C=N–C) groups is 1. The summed E-state index contributed by atoms with van der Waals surface area (Å²) in [5.74, 6) is 1.39. The van der Waals surface area contributed by atoms with Gasteiger partial charge in [-0.15, -0.1) is 24.0 Å². The number of nitrogens with one attached hydrogen (secondary N) is 1. The summed E-state index contributed by atoms with van der Waals surface area (Å²) in [7, 11) is 2.20. The van der Waals surface area contributed by atoms with Crippen LogP contribution in [0.15, 0.2) is 29.3 Å². The van der Waals surface area contributed by atoms with Gasteiger partial charge in [0.15, 0.2) is 5.96 Å². The third-order valence-electron chi connectivity index (χ3n) is 5.26. The van der Waals surface area contributed by atoms with Gasteiger partial charge >= 0.3 is 0 Å². The highest BCUT2D eigenvalue weighted by molar-refractivity contribution is 14.0. The normalized spacial score (nSPS) is 21.6. The van der Waals surface area contributed by atoms with Crippen molar-refractivity contribution < 1.29 is 5.11 Å². The number of rotatable bonds is 4. The molecule has 7 heteroatoms. The zero-order valence-electron chi connectivity index (χ0n) is 15.9. The van der Waals surface area contributed by atoms with Gasteiger partial charge < -0.3 is 25.1 Å². The summed E-state index contributed by atoms with van der Waals surface area (Å²) in [5.41, 5.74) is 0.927. The first-order valence-electron chi connectivity index (χ1n) is 9.45. The van der Waals surface area contributed by atoms with Gasteiger partial charge in [-0.2, -0.15) is 0 Å². The second kappa shape index (κ2) is 10.2. The molecule has 2 fully saturated rings. The Hall–Kier alpha value is -1.22. The van der Waals surface area contributed by atoms with Crippen molar-refractivity contribution in [2.24, 2.45) is 4.99 Å². The lowest BCUT2D eigenvalue weighted by Crippen LogP contribution is -2.52. The molecule has 0 bridgehead atoms. The van der Waals surface area contributed by atoms with E-state index >= 15 is 0 Å². The van der Waals surface area contributed by atoms with Crippen LogP contribution in [0.4, 0.5) is 5.69 Å². The predicted molar refractivity (Wildman–Crippen MR) is 119 cm³/mol. The Morgan fingerprint density at radius 2 is 1.92 bits per heavy atom. The summed E-state index contributed by atoms with van der Waals surface area (Å²) in [4.78, 5) is 11.9. The molecule has 2 saturated heterocycles. The Morgan fingerprint density at radius 3 is 2.54 bits per heavy atom. The fraction of sp³-hybridized carbons (Fsp3) is 0.632. The molecule has 1 aromatic rings. The summed E-state index contributed by atoms with van der Waals surface area (Å²) in [6.45, 7) is 8.70. The number of benzene rings is 1. The molecule has 1 unspecified atom stereocenters. The maximum atomic E-state index is 10.1. The summed E-state index contributed by atoms with van der Waals surface area (Å²) in [6, 6.07) is 8.16. The van der Waals surface area contributed by atoms with Crippen molar-refractivity contribution in [2.45, 2.75) is 25.8 Å². The van der Waals surface area contributed by atoms with Crippen LogP contribution in [0.2, 0.25) is 0 Å². The number of piperazine rings is 1. The molecule has 3 rings (SSSR count). The Morgan fingerprint density at radius 1 is 1.19 bits per heavy atom. The van der Waals surface area contributed by atoms with Gasteiger partial charge in [-0.3, -0.25) is 4.99 Å². The van der Waals surface area contributed by atoms with Gasteiger partial charge in [-0.05, 0) is 45.5 Å². The average molecular weight is 473 g/mol. The number of hydrogen-bond acceptors (Lipinski definition) is 4. The van der Waals surface area contributed by atoms with E-state index in [1.165, 1.54) is 19.4 Å². The molecule has 2 N–H and O–H groups in total. The van der Waals surface area contributed by atoms with Gasteiger partial charge in [-0.1, -0.05) is 12.1 Å². The molecule has 146 valence electrons. The van der Waals surface area contributed by atoms with Crippen LogP contribution in [-0.2, 0) is 0 Å². The summed E-state index contributed by atoms with van der Waals surface area (Å²) in [5, 5.41) is 13.5. The average Bonchev–Trinajstić information content (AvgIpc) is 3.04. The topological polar surface area (TPSA) is 54.3 Å². The molecule has 2 aliphatic rings. The van der Waals surface area contributed by atoms with E-state index in [0.29, 0.717) is 11.8 Å². The number of hydrogen-bond donors (Lipinski definition) is 2. The lowest BCUT2D eigenvalue weighted by atomic mass is 10.2. The zero-order chi connectivity index (χ0) is 17.6. The molecule has 0 amide bonds. The molecule has 0 aliphatic carbocycles. The number of nitrogens with zero attached hydrogens (tertiary/aromatic N) is 4. The molecule has 2 aliphatic heterocycles.